The highest BCUT2D eigenvalue weighted by Gasteiger charge is 2.53. The van der Waals surface area contributed by atoms with E-state index in [2.05, 4.69) is 42.0 Å². The second kappa shape index (κ2) is 16.7. The molecule has 5 N–H and O–H groups in total. The fourth-order valence-electron chi connectivity index (χ4n) is 9.68. The number of aliphatic hydroxyl groups excluding tert-OH is 1. The molecule has 1 saturated heterocycles. The summed E-state index contributed by atoms with van der Waals surface area (Å²) in [6.45, 7) is 8.85. The molecule has 5 heterocycles. The minimum Gasteiger partial charge on any atom is -0.507 e. The smallest absolute Gasteiger partial charge is 0.254 e. The van der Waals surface area contributed by atoms with Gasteiger partial charge in [-0.2, -0.15) is 0 Å². The van der Waals surface area contributed by atoms with Crippen LogP contribution in [0.3, 0.4) is 0 Å². The van der Waals surface area contributed by atoms with Crippen LogP contribution in [0.4, 0.5) is 0 Å². The largest absolute Gasteiger partial charge is 0.507 e. The van der Waals surface area contributed by atoms with E-state index < -0.39 is 18.1 Å². The van der Waals surface area contributed by atoms with Crippen LogP contribution >= 0.6 is 11.3 Å². The minimum atomic E-state index is -0.819. The molecule has 14 nitrogen and oxygen atoms in total. The van der Waals surface area contributed by atoms with Gasteiger partial charge in [0.2, 0.25) is 11.8 Å². The topological polar surface area (TPSA) is 192 Å². The number of aryl methyl sites for hydroxylation is 1. The van der Waals surface area contributed by atoms with E-state index in [4.69, 9.17) is 9.26 Å². The van der Waals surface area contributed by atoms with Gasteiger partial charge in [0.05, 0.1) is 33.9 Å². The normalized spacial score (nSPS) is 23.2. The molecule has 2 saturated carbocycles. The van der Waals surface area contributed by atoms with Crippen LogP contribution in [-0.2, 0) is 9.59 Å². The number of carbonyl (C=O) groups is 2. The van der Waals surface area contributed by atoms with E-state index in [1.807, 2.05) is 75.7 Å². The number of H-pyrrole nitrogens is 1. The lowest BCUT2D eigenvalue weighted by Crippen LogP contribution is -2.55. The molecule has 15 heteroatoms. The van der Waals surface area contributed by atoms with Gasteiger partial charge in [-0.05, 0) is 91.4 Å². The maximum Gasteiger partial charge on any atom is 0.254 e. The van der Waals surface area contributed by atoms with Crippen LogP contribution in [0, 0.1) is 18.3 Å². The number of fused-ring (bicyclic) bond motifs is 1. The Kier molecular flexibility index (Phi) is 11.1. The molecular formula is C46H52N8O6S. The van der Waals surface area contributed by atoms with Crippen molar-refractivity contribution in [2.45, 2.75) is 95.9 Å². The fourth-order valence-corrected chi connectivity index (χ4v) is 10.5. The van der Waals surface area contributed by atoms with Gasteiger partial charge in [-0.15, -0.1) is 21.5 Å². The molecule has 4 aromatic heterocycles. The number of phenolic OH excluding ortho intramolecular Hbond substituents is 1. The molecular weight excluding hydrogens is 793 g/mol. The summed E-state index contributed by atoms with van der Waals surface area (Å²) in [5, 5.41) is 41.5. The zero-order valence-corrected chi connectivity index (χ0v) is 35.6. The number of thiazole rings is 1. The highest BCUT2D eigenvalue weighted by Crippen LogP contribution is 2.61. The van der Waals surface area contributed by atoms with Gasteiger partial charge >= 0.3 is 0 Å². The predicted octanol–water partition coefficient (Wildman–Crippen LogP) is 7.02. The average Bonchev–Trinajstić information content (AvgIpc) is 4.03. The Balaban J connectivity index is 0.733. The second-order valence-electron chi connectivity index (χ2n) is 17.6. The number of rotatable bonds is 14. The molecule has 0 radical (unpaired) electrons. The van der Waals surface area contributed by atoms with Gasteiger partial charge in [0.25, 0.3) is 5.88 Å². The van der Waals surface area contributed by atoms with Crippen LogP contribution in [-0.4, -0.2) is 90.1 Å². The van der Waals surface area contributed by atoms with Crippen molar-refractivity contribution in [1.29, 1.82) is 0 Å². The highest BCUT2D eigenvalue weighted by molar-refractivity contribution is 7.13. The molecule has 61 heavy (non-hydrogen) atoms. The molecule has 0 bridgehead atoms. The number of likely N-dealkylation sites (tertiary alicyclic amines) is 1. The standard InChI is InChI=1S/C46H52N8O6S/c1-25(2)41(45(58)54-23-33(55)17-37(54)44(57)49-26(3)28-9-11-29(12-10-28)42-27(4)48-24-61-42)39-18-40(53-60-39)59-14-13-47-32-21-46(22-32)19-31(20-46)35-15-30-16-36(51-52-43(30)50-35)34-7-5-6-8-38(34)56/h5-12,15-16,18,24-26,31-33,37,41,47,55-56H,13-14,17,19-23H2,1-4H3,(H,49,57)(H,50,52)/t26-,31?,32?,33+,37-,41+,46?/m0/s1. The van der Waals surface area contributed by atoms with Crippen molar-refractivity contribution in [3.05, 3.63) is 95.0 Å². The minimum absolute atomic E-state index is 0.0601. The van der Waals surface area contributed by atoms with Crippen LogP contribution < -0.4 is 15.4 Å². The molecule has 4 atom stereocenters. The Bertz CT molecular complexity index is 2520. The van der Waals surface area contributed by atoms with Crippen molar-refractivity contribution in [3.63, 3.8) is 0 Å². The van der Waals surface area contributed by atoms with Crippen molar-refractivity contribution in [1.82, 2.24) is 40.9 Å². The average molecular weight is 845 g/mol. The van der Waals surface area contributed by atoms with Crippen LogP contribution in [0.5, 0.6) is 11.6 Å². The summed E-state index contributed by atoms with van der Waals surface area (Å²) in [4.78, 5) is 38.2. The molecule has 318 valence electrons. The summed E-state index contributed by atoms with van der Waals surface area (Å²) in [6.07, 6.45) is 3.85. The van der Waals surface area contributed by atoms with Crippen molar-refractivity contribution >= 4 is 34.2 Å². The molecule has 3 fully saturated rings. The van der Waals surface area contributed by atoms with Crippen LogP contribution in [0.1, 0.15) is 93.5 Å². The number of hydrogen-bond acceptors (Lipinski definition) is 12. The van der Waals surface area contributed by atoms with Gasteiger partial charge in [0.15, 0.2) is 11.4 Å². The maximum atomic E-state index is 14.1. The quantitative estimate of drug-likeness (QED) is 0.0708. The number of aromatic hydroxyl groups is 1. The number of ether oxygens (including phenoxy) is 1. The Morgan fingerprint density at radius 3 is 2.57 bits per heavy atom. The van der Waals surface area contributed by atoms with E-state index in [-0.39, 0.29) is 42.5 Å². The number of β-amino-alcohol motifs (C(OH)–C–C–N with tert-alkyl or cyclic N) is 1. The number of nitrogens with zero attached hydrogens (tertiary/aromatic N) is 5. The number of aliphatic hydroxyl groups is 1. The van der Waals surface area contributed by atoms with E-state index in [0.29, 0.717) is 53.4 Å². The zero-order valence-electron chi connectivity index (χ0n) is 34.8. The third-order valence-electron chi connectivity index (χ3n) is 12.9. The Labute approximate surface area is 358 Å². The number of hydrogen-bond donors (Lipinski definition) is 5. The van der Waals surface area contributed by atoms with Crippen molar-refractivity contribution in [2.75, 3.05) is 19.7 Å². The lowest BCUT2D eigenvalue weighted by molar-refractivity contribution is -0.141. The predicted molar refractivity (Wildman–Crippen MR) is 231 cm³/mol. The van der Waals surface area contributed by atoms with Gasteiger partial charge in [-0.3, -0.25) is 9.59 Å². The van der Waals surface area contributed by atoms with E-state index in [1.54, 1.807) is 29.5 Å². The summed E-state index contributed by atoms with van der Waals surface area (Å²) in [5.41, 5.74) is 8.46. The molecule has 2 amide bonds. The van der Waals surface area contributed by atoms with Crippen LogP contribution in [0.2, 0.25) is 0 Å². The number of aromatic nitrogens is 5. The van der Waals surface area contributed by atoms with Crippen LogP contribution in [0.25, 0.3) is 32.7 Å². The molecule has 0 unspecified atom stereocenters. The summed E-state index contributed by atoms with van der Waals surface area (Å²) in [6, 6.07) is 20.3. The summed E-state index contributed by atoms with van der Waals surface area (Å²) in [5.74, 6) is -0.149. The number of phenols is 1. The third kappa shape index (κ3) is 8.26. The first-order valence-corrected chi connectivity index (χ1v) is 22.1. The first-order chi connectivity index (χ1) is 29.4. The molecule has 3 aliphatic rings. The van der Waals surface area contributed by atoms with Crippen molar-refractivity contribution in [3.8, 4) is 33.3 Å². The van der Waals surface area contributed by atoms with Crippen molar-refractivity contribution in [2.24, 2.45) is 11.3 Å². The van der Waals surface area contributed by atoms with Crippen molar-refractivity contribution < 1.29 is 29.1 Å². The number of para-hydroxylation sites is 1. The summed E-state index contributed by atoms with van der Waals surface area (Å²) >= 11 is 1.59. The lowest BCUT2D eigenvalue weighted by atomic mass is 9.49. The second-order valence-corrected chi connectivity index (χ2v) is 18.4. The van der Waals surface area contributed by atoms with Gasteiger partial charge in [-0.25, -0.2) is 4.98 Å². The monoisotopic (exact) mass is 844 g/mol. The molecule has 2 aliphatic carbocycles. The molecule has 9 rings (SSSR count). The Hall–Kier alpha value is -5.64. The van der Waals surface area contributed by atoms with E-state index >= 15 is 0 Å². The molecule has 2 aromatic carbocycles. The Morgan fingerprint density at radius 2 is 1.84 bits per heavy atom. The summed E-state index contributed by atoms with van der Waals surface area (Å²) in [7, 11) is 0. The maximum absolute atomic E-state index is 14.1. The van der Waals surface area contributed by atoms with E-state index in [9.17, 15) is 19.8 Å². The first-order valence-electron chi connectivity index (χ1n) is 21.2. The zero-order chi connectivity index (χ0) is 42.4. The van der Waals surface area contributed by atoms with Gasteiger partial charge in [0, 0.05) is 54.2 Å². The molecule has 1 spiro atoms. The first kappa shape index (κ1) is 40.7. The fraction of sp³-hybridized carbons (Fsp3) is 0.435. The molecule has 1 aliphatic heterocycles. The van der Waals surface area contributed by atoms with E-state index in [0.717, 1.165) is 58.4 Å². The molecule has 6 aromatic rings. The lowest BCUT2D eigenvalue weighted by Gasteiger charge is -2.58. The Morgan fingerprint density at radius 1 is 1.05 bits per heavy atom. The number of benzene rings is 2. The number of carbonyl (C=O) groups excluding carboxylic acids is 2. The third-order valence-corrected chi connectivity index (χ3v) is 13.9. The van der Waals surface area contributed by atoms with Crippen LogP contribution in [0.15, 0.2) is 76.8 Å². The highest BCUT2D eigenvalue weighted by atomic mass is 32.1. The number of nitrogens with one attached hydrogen (secondary N) is 3. The SMILES string of the molecule is Cc1ncsc1-c1ccc([C@H](C)NC(=O)[C@@H]2C[C@@H](O)CN2C(=O)[C@@H](c2cc(OCCNC3CC4(C3)CC(c3cc5cc(-c6ccccc6O)nnc5[nH]3)C4)no2)C(C)C)cc1. The van der Waals surface area contributed by atoms with E-state index in [1.165, 1.54) is 10.6 Å². The summed E-state index contributed by atoms with van der Waals surface area (Å²) < 4.78 is 11.6. The number of aromatic amines is 1. The van der Waals surface area contributed by atoms with Gasteiger partial charge in [0.1, 0.15) is 24.3 Å². The van der Waals surface area contributed by atoms with Gasteiger partial charge in [-0.1, -0.05) is 50.2 Å². The number of amides is 2. The van der Waals surface area contributed by atoms with Gasteiger partial charge < -0.3 is 40.0 Å².